The van der Waals surface area contributed by atoms with Crippen molar-refractivity contribution in [2.45, 2.75) is 6.92 Å². The molecule has 0 bridgehead atoms. The first-order valence-corrected chi connectivity index (χ1v) is 3.99. The van der Waals surface area contributed by atoms with Gasteiger partial charge in [0.05, 0.1) is 0 Å². The topological polar surface area (TPSA) is 35.6 Å². The third-order valence-corrected chi connectivity index (χ3v) is 2.08. The van der Waals surface area contributed by atoms with Crippen molar-refractivity contribution in [1.82, 2.24) is 19.6 Å². The lowest BCUT2D eigenvalue weighted by Gasteiger charge is -1.96. The Hall–Kier alpha value is -1.52. The highest BCUT2D eigenvalue weighted by Crippen LogP contribution is 2.01. The van der Waals surface area contributed by atoms with Gasteiger partial charge in [-0.25, -0.2) is 4.68 Å². The van der Waals surface area contributed by atoms with Crippen LogP contribution in [0.3, 0.4) is 0 Å². The van der Waals surface area contributed by atoms with E-state index >= 15 is 0 Å². The molecule has 0 saturated carbocycles. The molecule has 0 unspecified atom stereocenters. The number of rotatable bonds is 1. The molecule has 0 N–H and O–H groups in total. The Balaban J connectivity index is 2.59. The van der Waals surface area contributed by atoms with Crippen molar-refractivity contribution in [2.75, 3.05) is 0 Å². The van der Waals surface area contributed by atoms with Crippen LogP contribution in [0.5, 0.6) is 0 Å². The second-order valence-corrected chi connectivity index (χ2v) is 2.90. The molecule has 5 heteroatoms. The lowest BCUT2D eigenvalue weighted by molar-refractivity contribution is 0.713. The van der Waals surface area contributed by atoms with Crippen LogP contribution in [0.15, 0.2) is 18.5 Å². The third kappa shape index (κ3) is 1.16. The maximum Gasteiger partial charge on any atom is 0.168 e. The van der Waals surface area contributed by atoms with Gasteiger partial charge in [0, 0.05) is 25.1 Å². The van der Waals surface area contributed by atoms with E-state index in [4.69, 9.17) is 7.85 Å². The molecule has 2 aromatic rings. The molecule has 13 heavy (non-hydrogen) atoms. The zero-order valence-corrected chi connectivity index (χ0v) is 7.60. The molecule has 2 heterocycles. The van der Waals surface area contributed by atoms with Crippen molar-refractivity contribution >= 4 is 13.3 Å². The van der Waals surface area contributed by atoms with Gasteiger partial charge in [0.25, 0.3) is 0 Å². The van der Waals surface area contributed by atoms with E-state index in [1.165, 1.54) is 0 Å². The van der Waals surface area contributed by atoms with Gasteiger partial charge in [0.1, 0.15) is 7.85 Å². The van der Waals surface area contributed by atoms with E-state index in [-0.39, 0.29) is 0 Å². The summed E-state index contributed by atoms with van der Waals surface area (Å²) in [6.07, 6.45) is 3.52. The molecule has 2 aromatic heterocycles. The Bertz CT molecular complexity index is 416. The lowest BCUT2D eigenvalue weighted by Crippen LogP contribution is -2.12. The van der Waals surface area contributed by atoms with Crippen molar-refractivity contribution in [1.29, 1.82) is 0 Å². The predicted molar refractivity (Wildman–Crippen MR) is 50.5 cm³/mol. The van der Waals surface area contributed by atoms with Crippen molar-refractivity contribution in [3.63, 3.8) is 0 Å². The van der Waals surface area contributed by atoms with Crippen LogP contribution >= 0.6 is 0 Å². The molecule has 0 aliphatic rings. The van der Waals surface area contributed by atoms with Gasteiger partial charge in [-0.15, -0.1) is 0 Å². The molecule has 64 valence electrons. The van der Waals surface area contributed by atoms with Crippen LogP contribution < -0.4 is 5.46 Å². The van der Waals surface area contributed by atoms with Gasteiger partial charge >= 0.3 is 0 Å². The quantitative estimate of drug-likeness (QED) is 0.554. The van der Waals surface area contributed by atoms with Gasteiger partial charge in [-0.1, -0.05) is 0 Å². The minimum atomic E-state index is 0.672. The van der Waals surface area contributed by atoms with E-state index in [0.29, 0.717) is 11.3 Å². The van der Waals surface area contributed by atoms with Gasteiger partial charge in [0.2, 0.25) is 0 Å². The maximum absolute atomic E-state index is 5.85. The summed E-state index contributed by atoms with van der Waals surface area (Å²) in [6, 6.07) is 1.84. The summed E-state index contributed by atoms with van der Waals surface area (Å²) in [5.41, 5.74) is 1.62. The minimum absolute atomic E-state index is 0.672. The van der Waals surface area contributed by atoms with Gasteiger partial charge in [-0.05, 0) is 18.5 Å². The molecule has 2 radical (unpaired) electrons. The first kappa shape index (κ1) is 8.10. The zero-order valence-electron chi connectivity index (χ0n) is 7.60. The van der Waals surface area contributed by atoms with E-state index in [9.17, 15) is 0 Å². The highest BCUT2D eigenvalue weighted by molar-refractivity contribution is 6.35. The van der Waals surface area contributed by atoms with Crippen LogP contribution in [0.4, 0.5) is 0 Å². The Kier molecular flexibility index (Phi) is 1.72. The maximum atomic E-state index is 5.85. The average molecular weight is 172 g/mol. The molecule has 0 saturated heterocycles. The van der Waals surface area contributed by atoms with E-state index in [1.807, 2.05) is 26.2 Å². The molecule has 0 aliphatic heterocycles. The summed E-state index contributed by atoms with van der Waals surface area (Å²) in [4.78, 5) is 0. The fraction of sp³-hybridized carbons (Fsp3) is 0.250. The van der Waals surface area contributed by atoms with E-state index < -0.39 is 0 Å². The van der Waals surface area contributed by atoms with Gasteiger partial charge in [-0.2, -0.15) is 10.2 Å². The highest BCUT2D eigenvalue weighted by Gasteiger charge is 2.08. The van der Waals surface area contributed by atoms with Crippen LogP contribution in [-0.4, -0.2) is 27.4 Å². The van der Waals surface area contributed by atoms with Gasteiger partial charge in [0.15, 0.2) is 5.82 Å². The molecule has 0 aliphatic carbocycles. The Morgan fingerprint density at radius 3 is 2.69 bits per heavy atom. The number of aromatic nitrogens is 4. The second kappa shape index (κ2) is 2.76. The van der Waals surface area contributed by atoms with Crippen LogP contribution in [0, 0.1) is 6.92 Å². The SMILES string of the molecule is [B]c1c(-n2cccn2)nn(C)c1C. The number of hydrogen-bond acceptors (Lipinski definition) is 2. The van der Waals surface area contributed by atoms with Crippen molar-refractivity contribution in [2.24, 2.45) is 7.05 Å². The molecule has 0 amide bonds. The first-order chi connectivity index (χ1) is 6.20. The van der Waals surface area contributed by atoms with Gasteiger partial charge in [-0.3, -0.25) is 4.68 Å². The Labute approximate surface area is 77.6 Å². The van der Waals surface area contributed by atoms with E-state index in [1.54, 1.807) is 15.6 Å². The Morgan fingerprint density at radius 1 is 1.46 bits per heavy atom. The summed E-state index contributed by atoms with van der Waals surface area (Å²) < 4.78 is 3.40. The lowest BCUT2D eigenvalue weighted by atomic mass is 9.96. The monoisotopic (exact) mass is 172 g/mol. The number of hydrogen-bond donors (Lipinski definition) is 0. The van der Waals surface area contributed by atoms with Crippen molar-refractivity contribution < 1.29 is 0 Å². The minimum Gasteiger partial charge on any atom is -0.271 e. The summed E-state index contributed by atoms with van der Waals surface area (Å²) in [7, 11) is 7.71. The van der Waals surface area contributed by atoms with Crippen LogP contribution in [0.25, 0.3) is 5.82 Å². The smallest absolute Gasteiger partial charge is 0.168 e. The van der Waals surface area contributed by atoms with Crippen LogP contribution in [-0.2, 0) is 7.05 Å². The molecule has 0 spiro atoms. The fourth-order valence-electron chi connectivity index (χ4n) is 1.17. The zero-order chi connectivity index (χ0) is 9.42. The molecule has 0 fully saturated rings. The first-order valence-electron chi connectivity index (χ1n) is 3.99. The molecular formula is C8H9BN4. The van der Waals surface area contributed by atoms with E-state index in [0.717, 1.165) is 5.69 Å². The second-order valence-electron chi connectivity index (χ2n) is 2.90. The largest absolute Gasteiger partial charge is 0.271 e. The number of nitrogens with zero attached hydrogens (tertiary/aromatic N) is 4. The van der Waals surface area contributed by atoms with Gasteiger partial charge < -0.3 is 0 Å². The number of aryl methyl sites for hydroxylation is 1. The summed E-state index contributed by atoms with van der Waals surface area (Å²) >= 11 is 0. The summed E-state index contributed by atoms with van der Waals surface area (Å²) in [6.45, 7) is 1.93. The molecule has 0 atom stereocenters. The Morgan fingerprint density at radius 2 is 2.23 bits per heavy atom. The molecule has 2 rings (SSSR count). The fourth-order valence-corrected chi connectivity index (χ4v) is 1.17. The normalized spacial score (nSPS) is 10.6. The van der Waals surface area contributed by atoms with Crippen LogP contribution in [0.1, 0.15) is 5.69 Å². The van der Waals surface area contributed by atoms with Crippen molar-refractivity contribution in [3.8, 4) is 5.82 Å². The standard InChI is InChI=1S/C8H9BN4/c1-6-7(9)8(11-12(6)2)13-5-3-4-10-13/h3-5H,1-2H3. The molecular weight excluding hydrogens is 163 g/mol. The summed E-state index contributed by atoms with van der Waals surface area (Å²) in [5.74, 6) is 0.685. The summed E-state index contributed by atoms with van der Waals surface area (Å²) in [5, 5.41) is 8.31. The van der Waals surface area contributed by atoms with Crippen LogP contribution in [0.2, 0.25) is 0 Å². The van der Waals surface area contributed by atoms with Crippen molar-refractivity contribution in [3.05, 3.63) is 24.2 Å². The molecule has 0 aromatic carbocycles. The average Bonchev–Trinajstić information content (AvgIpc) is 2.70. The molecule has 4 nitrogen and oxygen atoms in total. The van der Waals surface area contributed by atoms with E-state index in [2.05, 4.69) is 10.2 Å². The predicted octanol–water partition coefficient (Wildman–Crippen LogP) is -0.292. The highest BCUT2D eigenvalue weighted by atomic mass is 15.4. The third-order valence-electron chi connectivity index (χ3n) is 2.08.